The monoisotopic (exact) mass is 585 g/mol. The van der Waals surface area contributed by atoms with Crippen LogP contribution in [0.15, 0.2) is 47.6 Å². The molecule has 0 unspecified atom stereocenters. The number of sulfonamides is 1. The number of halogens is 2. The Balaban J connectivity index is 1.37. The summed E-state index contributed by atoms with van der Waals surface area (Å²) < 4.78 is 56.9. The Bertz CT molecular complexity index is 1740. The number of carbonyl (C=O) groups is 1. The third-order valence-electron chi connectivity index (χ3n) is 6.83. The zero-order valence-electron chi connectivity index (χ0n) is 20.7. The number of fused-ring (bicyclic) bond motifs is 1. The lowest BCUT2D eigenvalue weighted by Crippen LogP contribution is -2.49. The Morgan fingerprint density at radius 3 is 2.55 bits per heavy atom. The van der Waals surface area contributed by atoms with Crippen LogP contribution in [0.5, 0.6) is 0 Å². The number of carbonyl (C=O) groups excluding carboxylic acids is 1. The van der Waals surface area contributed by atoms with E-state index in [0.717, 1.165) is 0 Å². The molecule has 40 heavy (non-hydrogen) atoms. The van der Waals surface area contributed by atoms with Gasteiger partial charge >= 0.3 is 0 Å². The van der Waals surface area contributed by atoms with Gasteiger partial charge in [-0.15, -0.1) is 10.2 Å². The number of rotatable bonds is 7. The van der Waals surface area contributed by atoms with E-state index in [2.05, 4.69) is 25.0 Å². The number of hydrogen-bond acceptors (Lipinski definition) is 10. The van der Waals surface area contributed by atoms with Crippen LogP contribution in [0.3, 0.4) is 0 Å². The maximum atomic E-state index is 13.4. The van der Waals surface area contributed by atoms with Gasteiger partial charge in [-0.25, -0.2) is 21.9 Å². The fraction of sp³-hybridized carbons (Fsp3) is 0.333. The summed E-state index contributed by atoms with van der Waals surface area (Å²) in [4.78, 5) is 20.5. The fourth-order valence-electron chi connectivity index (χ4n) is 4.53. The molecule has 3 aromatic heterocycles. The largest absolute Gasteiger partial charge is 0.367 e. The Morgan fingerprint density at radius 1 is 1.15 bits per heavy atom. The molecular formula is C24H21F2N9O3S2. The Kier molecular flexibility index (Phi) is 6.44. The van der Waals surface area contributed by atoms with Crippen molar-refractivity contribution >= 4 is 43.9 Å². The van der Waals surface area contributed by atoms with Crippen LogP contribution in [-0.4, -0.2) is 75.9 Å². The van der Waals surface area contributed by atoms with Crippen molar-refractivity contribution < 1.29 is 22.0 Å². The predicted octanol–water partition coefficient (Wildman–Crippen LogP) is 2.51. The highest BCUT2D eigenvalue weighted by Crippen LogP contribution is 2.38. The molecule has 1 aliphatic carbocycles. The van der Waals surface area contributed by atoms with Gasteiger partial charge in [0.05, 0.1) is 22.7 Å². The molecule has 1 aliphatic heterocycles. The molecule has 16 heteroatoms. The highest BCUT2D eigenvalue weighted by molar-refractivity contribution is 7.89. The lowest BCUT2D eigenvalue weighted by atomic mass is 10.1. The van der Waals surface area contributed by atoms with Crippen LogP contribution in [-0.2, 0) is 10.0 Å². The minimum absolute atomic E-state index is 0.0558. The van der Waals surface area contributed by atoms with E-state index in [4.69, 9.17) is 0 Å². The number of pyridine rings is 1. The second-order valence-electron chi connectivity index (χ2n) is 9.45. The molecule has 4 aromatic rings. The molecule has 206 valence electrons. The smallest absolute Gasteiger partial charge is 0.291 e. The molecule has 0 atom stereocenters. The molecule has 6 rings (SSSR count). The maximum Gasteiger partial charge on any atom is 0.291 e. The molecule has 1 saturated heterocycles. The number of benzene rings is 1. The SMILES string of the molecule is N#CC1(NS(=O)(=O)c2cc(N3CCN(C(=O)c4ccccn4)CC3)c3cnn(-c4nnc(C(F)F)s4)c3c2)CC1. The molecule has 12 nitrogen and oxygen atoms in total. The normalized spacial score (nSPS) is 16.9. The van der Waals surface area contributed by atoms with E-state index in [0.29, 0.717) is 72.6 Å². The van der Waals surface area contributed by atoms with E-state index in [1.807, 2.05) is 11.0 Å². The zero-order chi connectivity index (χ0) is 28.1. The average Bonchev–Trinajstić information content (AvgIpc) is 3.34. The summed E-state index contributed by atoms with van der Waals surface area (Å²) in [6.45, 7) is 1.52. The number of nitriles is 1. The van der Waals surface area contributed by atoms with E-state index >= 15 is 0 Å². The minimum atomic E-state index is -4.13. The minimum Gasteiger partial charge on any atom is -0.367 e. The van der Waals surface area contributed by atoms with Crippen LogP contribution in [0.25, 0.3) is 16.0 Å². The molecule has 0 radical (unpaired) electrons. The lowest BCUT2D eigenvalue weighted by molar-refractivity contribution is 0.0741. The van der Waals surface area contributed by atoms with Gasteiger partial charge in [-0.05, 0) is 37.1 Å². The van der Waals surface area contributed by atoms with Gasteiger partial charge in [0.1, 0.15) is 11.2 Å². The molecule has 0 bridgehead atoms. The van der Waals surface area contributed by atoms with Gasteiger partial charge in [0, 0.05) is 43.4 Å². The second kappa shape index (κ2) is 9.84. The number of hydrogen-bond donors (Lipinski definition) is 1. The predicted molar refractivity (Wildman–Crippen MR) is 140 cm³/mol. The van der Waals surface area contributed by atoms with Crippen molar-refractivity contribution in [3.63, 3.8) is 0 Å². The average molecular weight is 586 g/mol. The first-order chi connectivity index (χ1) is 19.2. The highest BCUT2D eigenvalue weighted by Gasteiger charge is 2.47. The summed E-state index contributed by atoms with van der Waals surface area (Å²) in [5, 5.41) is 21.2. The first kappa shape index (κ1) is 26.2. The molecule has 1 N–H and O–H groups in total. The summed E-state index contributed by atoms with van der Waals surface area (Å²) in [6.07, 6.45) is 1.07. The third-order valence-corrected chi connectivity index (χ3v) is 9.26. The van der Waals surface area contributed by atoms with Gasteiger partial charge in [-0.1, -0.05) is 17.4 Å². The van der Waals surface area contributed by atoms with E-state index in [9.17, 15) is 27.3 Å². The van der Waals surface area contributed by atoms with Crippen LogP contribution in [0.4, 0.5) is 14.5 Å². The number of nitrogens with one attached hydrogen (secondary N) is 1. The maximum absolute atomic E-state index is 13.4. The van der Waals surface area contributed by atoms with Gasteiger partial charge in [-0.3, -0.25) is 9.78 Å². The third kappa shape index (κ3) is 4.76. The molecule has 1 amide bonds. The number of anilines is 1. The summed E-state index contributed by atoms with van der Waals surface area (Å²) in [7, 11) is -4.13. The van der Waals surface area contributed by atoms with Gasteiger partial charge in [-0.2, -0.15) is 15.1 Å². The van der Waals surface area contributed by atoms with Gasteiger partial charge in [0.2, 0.25) is 15.2 Å². The number of amides is 1. The van der Waals surface area contributed by atoms with Crippen LogP contribution >= 0.6 is 11.3 Å². The standard InChI is InChI=1S/C24H21F2N9O3S2/c25-20(26)21-30-31-23(39-21)35-19-12-15(40(37,38)32-24(14-27)4-5-24)11-18(16(19)13-29-35)33-7-9-34(10-8-33)22(36)17-3-1-2-6-28-17/h1-3,6,11-13,20,32H,4-5,7-10H2. The topological polar surface area (TPSA) is 150 Å². The van der Waals surface area contributed by atoms with Crippen molar-refractivity contribution in [3.05, 3.63) is 53.4 Å². The molecule has 4 heterocycles. The Hall–Kier alpha value is -4.07. The van der Waals surface area contributed by atoms with Gasteiger partial charge in [0.25, 0.3) is 12.3 Å². The van der Waals surface area contributed by atoms with Gasteiger partial charge < -0.3 is 9.80 Å². The fourth-order valence-corrected chi connectivity index (χ4v) is 6.62. The van der Waals surface area contributed by atoms with Crippen LogP contribution in [0, 0.1) is 11.3 Å². The van der Waals surface area contributed by atoms with Crippen LogP contribution < -0.4 is 9.62 Å². The molecule has 1 saturated carbocycles. The molecule has 2 fully saturated rings. The van der Waals surface area contributed by atoms with Gasteiger partial charge in [0.15, 0.2) is 5.01 Å². The van der Waals surface area contributed by atoms with E-state index < -0.39 is 27.0 Å². The van der Waals surface area contributed by atoms with Crippen molar-refractivity contribution in [1.29, 1.82) is 5.26 Å². The summed E-state index contributed by atoms with van der Waals surface area (Å²) >= 11 is 0.650. The molecule has 1 aromatic carbocycles. The molecule has 2 aliphatic rings. The van der Waals surface area contributed by atoms with Crippen molar-refractivity contribution in [3.8, 4) is 11.2 Å². The molecular weight excluding hydrogens is 564 g/mol. The number of nitrogens with zero attached hydrogens (tertiary/aromatic N) is 8. The summed E-state index contributed by atoms with van der Waals surface area (Å²) in [6, 6.07) is 10.0. The second-order valence-corrected chi connectivity index (χ2v) is 12.1. The number of alkyl halides is 2. The van der Waals surface area contributed by atoms with Crippen molar-refractivity contribution in [2.75, 3.05) is 31.1 Å². The van der Waals surface area contributed by atoms with Crippen molar-refractivity contribution in [2.24, 2.45) is 0 Å². The van der Waals surface area contributed by atoms with Crippen molar-refractivity contribution in [1.82, 2.24) is 34.6 Å². The van der Waals surface area contributed by atoms with E-state index in [1.54, 1.807) is 29.3 Å². The Morgan fingerprint density at radius 2 is 1.93 bits per heavy atom. The van der Waals surface area contributed by atoms with Crippen LogP contribution in [0.1, 0.15) is 34.8 Å². The Labute approximate surface area is 230 Å². The number of aromatic nitrogens is 5. The summed E-state index contributed by atoms with van der Waals surface area (Å²) in [5.41, 5.74) is 0.0560. The van der Waals surface area contributed by atoms with Crippen LogP contribution in [0.2, 0.25) is 0 Å². The van der Waals surface area contributed by atoms with Crippen molar-refractivity contribution in [2.45, 2.75) is 29.7 Å². The first-order valence-electron chi connectivity index (χ1n) is 12.2. The molecule has 0 spiro atoms. The zero-order valence-corrected chi connectivity index (χ0v) is 22.4. The number of piperazine rings is 1. The van der Waals surface area contributed by atoms with E-state index in [1.165, 1.54) is 23.0 Å². The first-order valence-corrected chi connectivity index (χ1v) is 14.5. The lowest BCUT2D eigenvalue weighted by Gasteiger charge is -2.36. The van der Waals surface area contributed by atoms with E-state index in [-0.39, 0.29) is 15.9 Å². The summed E-state index contributed by atoms with van der Waals surface area (Å²) in [5.74, 6) is -0.198. The quantitative estimate of drug-likeness (QED) is 0.345. The highest BCUT2D eigenvalue weighted by atomic mass is 32.2.